The Balaban J connectivity index is 2.82. The maximum atomic E-state index is 13.4. The lowest BCUT2D eigenvalue weighted by Crippen LogP contribution is -2.31. The number of nitrogens with one attached hydrogen (secondary N) is 1. The van der Waals surface area contributed by atoms with Crippen molar-refractivity contribution in [1.29, 1.82) is 0 Å². The van der Waals surface area contributed by atoms with Crippen molar-refractivity contribution in [3.05, 3.63) is 34.6 Å². The van der Waals surface area contributed by atoms with Crippen LogP contribution in [0.15, 0.2) is 18.2 Å². The van der Waals surface area contributed by atoms with Gasteiger partial charge in [0.1, 0.15) is 5.82 Å². The fraction of sp³-hybridized carbons (Fsp3) is 0.571. The summed E-state index contributed by atoms with van der Waals surface area (Å²) in [6, 6.07) is 5.07. The molecule has 0 spiro atoms. The van der Waals surface area contributed by atoms with Crippen LogP contribution >= 0.6 is 11.6 Å². The summed E-state index contributed by atoms with van der Waals surface area (Å²) in [5.74, 6) is 0.134. The fourth-order valence-electron chi connectivity index (χ4n) is 1.88. The Morgan fingerprint density at radius 2 is 2.00 bits per heavy atom. The minimum atomic E-state index is -0.332. The van der Waals surface area contributed by atoms with Crippen LogP contribution in [0.4, 0.5) is 4.39 Å². The van der Waals surface area contributed by atoms with Crippen molar-refractivity contribution in [3.8, 4) is 0 Å². The molecule has 1 unspecified atom stereocenters. The summed E-state index contributed by atoms with van der Waals surface area (Å²) in [6.07, 6.45) is 0.860. The van der Waals surface area contributed by atoms with E-state index in [4.69, 9.17) is 11.6 Å². The molecule has 3 heteroatoms. The van der Waals surface area contributed by atoms with Crippen molar-refractivity contribution in [2.75, 3.05) is 13.6 Å². The van der Waals surface area contributed by atoms with Crippen LogP contribution in [0, 0.1) is 17.2 Å². The molecule has 0 saturated carbocycles. The topological polar surface area (TPSA) is 12.0 Å². The van der Waals surface area contributed by atoms with E-state index in [2.05, 4.69) is 26.1 Å². The first-order valence-electron chi connectivity index (χ1n) is 5.93. The SMILES string of the molecule is CNCC(Cc1ccc(Cl)c(F)c1)C(C)(C)C. The highest BCUT2D eigenvalue weighted by atomic mass is 35.5. The van der Waals surface area contributed by atoms with E-state index in [9.17, 15) is 4.39 Å². The molecular weight excluding hydrogens is 237 g/mol. The monoisotopic (exact) mass is 257 g/mol. The molecule has 0 bridgehead atoms. The molecule has 0 saturated heterocycles. The van der Waals surface area contributed by atoms with E-state index in [1.165, 1.54) is 6.07 Å². The molecule has 1 atom stereocenters. The molecule has 17 heavy (non-hydrogen) atoms. The maximum absolute atomic E-state index is 13.4. The van der Waals surface area contributed by atoms with Gasteiger partial charge in [0, 0.05) is 0 Å². The third-order valence-electron chi connectivity index (χ3n) is 3.14. The highest BCUT2D eigenvalue weighted by Gasteiger charge is 2.24. The Morgan fingerprint density at radius 3 is 2.47 bits per heavy atom. The smallest absolute Gasteiger partial charge is 0.142 e. The lowest BCUT2D eigenvalue weighted by Gasteiger charge is -2.30. The van der Waals surface area contributed by atoms with E-state index in [0.29, 0.717) is 5.92 Å². The second kappa shape index (κ2) is 5.83. The molecule has 1 aromatic carbocycles. The summed E-state index contributed by atoms with van der Waals surface area (Å²) in [4.78, 5) is 0. The summed E-state index contributed by atoms with van der Waals surface area (Å²) in [5.41, 5.74) is 1.20. The highest BCUT2D eigenvalue weighted by Crippen LogP contribution is 2.29. The summed E-state index contributed by atoms with van der Waals surface area (Å²) in [7, 11) is 1.95. The lowest BCUT2D eigenvalue weighted by molar-refractivity contribution is 0.234. The first-order chi connectivity index (χ1) is 7.84. The molecule has 0 aromatic heterocycles. The van der Waals surface area contributed by atoms with Crippen molar-refractivity contribution in [2.24, 2.45) is 11.3 Å². The van der Waals surface area contributed by atoms with Gasteiger partial charge >= 0.3 is 0 Å². The van der Waals surface area contributed by atoms with Crippen LogP contribution < -0.4 is 5.32 Å². The van der Waals surface area contributed by atoms with Gasteiger partial charge in [-0.2, -0.15) is 0 Å². The Hall–Kier alpha value is -0.600. The predicted molar refractivity (Wildman–Crippen MR) is 72.0 cm³/mol. The second-order valence-electron chi connectivity index (χ2n) is 5.57. The molecule has 1 nitrogen and oxygen atoms in total. The number of hydrogen-bond donors (Lipinski definition) is 1. The van der Waals surface area contributed by atoms with Gasteiger partial charge in [0.25, 0.3) is 0 Å². The minimum Gasteiger partial charge on any atom is -0.319 e. The van der Waals surface area contributed by atoms with E-state index in [0.717, 1.165) is 18.5 Å². The summed E-state index contributed by atoms with van der Waals surface area (Å²) >= 11 is 5.68. The van der Waals surface area contributed by atoms with Crippen molar-refractivity contribution in [3.63, 3.8) is 0 Å². The van der Waals surface area contributed by atoms with Crippen LogP contribution in [0.5, 0.6) is 0 Å². The van der Waals surface area contributed by atoms with Gasteiger partial charge in [0.15, 0.2) is 0 Å². The van der Waals surface area contributed by atoms with E-state index in [1.807, 2.05) is 13.1 Å². The zero-order chi connectivity index (χ0) is 13.1. The molecule has 1 rings (SSSR count). The van der Waals surface area contributed by atoms with Gasteiger partial charge in [-0.05, 0) is 49.0 Å². The van der Waals surface area contributed by atoms with Crippen LogP contribution in [0.3, 0.4) is 0 Å². The molecule has 96 valence electrons. The lowest BCUT2D eigenvalue weighted by atomic mass is 9.77. The Bertz CT molecular complexity index is 371. The largest absolute Gasteiger partial charge is 0.319 e. The number of hydrogen-bond acceptors (Lipinski definition) is 1. The Morgan fingerprint density at radius 1 is 1.35 bits per heavy atom. The van der Waals surface area contributed by atoms with Crippen molar-refractivity contribution >= 4 is 11.6 Å². The van der Waals surface area contributed by atoms with Crippen molar-refractivity contribution in [2.45, 2.75) is 27.2 Å². The van der Waals surface area contributed by atoms with E-state index >= 15 is 0 Å². The number of rotatable bonds is 4. The molecule has 0 heterocycles. The molecular formula is C14H21ClFN. The first kappa shape index (κ1) is 14.5. The fourth-order valence-corrected chi connectivity index (χ4v) is 2.00. The standard InChI is InChI=1S/C14H21ClFN/c1-14(2,3)11(9-17-4)7-10-5-6-12(15)13(16)8-10/h5-6,8,11,17H,7,9H2,1-4H3. The normalized spacial score (nSPS) is 13.8. The molecule has 0 aliphatic heterocycles. The van der Waals surface area contributed by atoms with Gasteiger partial charge in [-0.25, -0.2) is 4.39 Å². The van der Waals surface area contributed by atoms with Gasteiger partial charge in [-0.1, -0.05) is 38.4 Å². The van der Waals surface area contributed by atoms with Crippen LogP contribution in [0.2, 0.25) is 5.02 Å². The van der Waals surface area contributed by atoms with E-state index in [1.54, 1.807) is 6.07 Å². The third-order valence-corrected chi connectivity index (χ3v) is 3.45. The zero-order valence-electron chi connectivity index (χ0n) is 11.0. The van der Waals surface area contributed by atoms with E-state index < -0.39 is 0 Å². The number of benzene rings is 1. The van der Waals surface area contributed by atoms with Crippen LogP contribution in [-0.2, 0) is 6.42 Å². The predicted octanol–water partition coefficient (Wildman–Crippen LogP) is 3.90. The summed E-state index contributed by atoms with van der Waals surface area (Å²) < 4.78 is 13.4. The molecule has 1 aromatic rings. The quantitative estimate of drug-likeness (QED) is 0.863. The molecule has 0 amide bonds. The van der Waals surface area contributed by atoms with Gasteiger partial charge in [-0.15, -0.1) is 0 Å². The van der Waals surface area contributed by atoms with Gasteiger partial charge in [0.2, 0.25) is 0 Å². The summed E-state index contributed by atoms with van der Waals surface area (Å²) in [6.45, 7) is 7.55. The maximum Gasteiger partial charge on any atom is 0.142 e. The zero-order valence-corrected chi connectivity index (χ0v) is 11.7. The van der Waals surface area contributed by atoms with Gasteiger partial charge in [-0.3, -0.25) is 0 Å². The average Bonchev–Trinajstić information content (AvgIpc) is 2.21. The minimum absolute atomic E-state index is 0.190. The molecule has 0 aliphatic rings. The van der Waals surface area contributed by atoms with Gasteiger partial charge < -0.3 is 5.32 Å². The molecule has 1 N–H and O–H groups in total. The molecule has 0 fully saturated rings. The van der Waals surface area contributed by atoms with Crippen LogP contribution in [0.1, 0.15) is 26.3 Å². The molecule has 0 aliphatic carbocycles. The summed E-state index contributed by atoms with van der Waals surface area (Å²) in [5, 5.41) is 3.39. The number of halogens is 2. The van der Waals surface area contributed by atoms with Crippen molar-refractivity contribution in [1.82, 2.24) is 5.32 Å². The third kappa shape index (κ3) is 4.29. The Labute approximate surface area is 108 Å². The first-order valence-corrected chi connectivity index (χ1v) is 6.31. The van der Waals surface area contributed by atoms with E-state index in [-0.39, 0.29) is 16.3 Å². The van der Waals surface area contributed by atoms with Crippen LogP contribution in [-0.4, -0.2) is 13.6 Å². The Kier molecular flexibility index (Phi) is 4.96. The van der Waals surface area contributed by atoms with Crippen LogP contribution in [0.25, 0.3) is 0 Å². The van der Waals surface area contributed by atoms with Crippen molar-refractivity contribution < 1.29 is 4.39 Å². The molecule has 0 radical (unpaired) electrons. The highest BCUT2D eigenvalue weighted by molar-refractivity contribution is 6.30. The van der Waals surface area contributed by atoms with Gasteiger partial charge in [0.05, 0.1) is 5.02 Å². The average molecular weight is 258 g/mol. The second-order valence-corrected chi connectivity index (χ2v) is 5.98.